The molecule has 8 heteroatoms. The number of fused-ring (bicyclic) bond motifs is 1. The van der Waals surface area contributed by atoms with Gasteiger partial charge in [-0.25, -0.2) is 13.1 Å². The number of rotatable bonds is 8. The summed E-state index contributed by atoms with van der Waals surface area (Å²) in [6.07, 6.45) is 5.15. The molecule has 0 aromatic heterocycles. The van der Waals surface area contributed by atoms with Crippen molar-refractivity contribution in [1.29, 1.82) is 0 Å². The molecule has 2 aliphatic carbocycles. The van der Waals surface area contributed by atoms with Crippen LogP contribution < -0.4 is 14.8 Å². The highest BCUT2D eigenvalue weighted by atomic mass is 32.2. The number of thioether (sulfide) groups is 1. The zero-order valence-corrected chi connectivity index (χ0v) is 17.9. The average molecular weight is 433 g/mol. The minimum Gasteiger partial charge on any atom is -0.495 e. The van der Waals surface area contributed by atoms with Crippen molar-refractivity contribution in [3.8, 4) is 5.75 Å². The summed E-state index contributed by atoms with van der Waals surface area (Å²) < 4.78 is 32.8. The predicted molar refractivity (Wildman–Crippen MR) is 114 cm³/mol. The van der Waals surface area contributed by atoms with Crippen molar-refractivity contribution >= 4 is 33.4 Å². The summed E-state index contributed by atoms with van der Waals surface area (Å²) in [5, 5.41) is 2.79. The third kappa shape index (κ3) is 4.94. The second-order valence-electron chi connectivity index (χ2n) is 7.38. The van der Waals surface area contributed by atoms with Gasteiger partial charge in [-0.3, -0.25) is 4.79 Å². The largest absolute Gasteiger partial charge is 0.495 e. The molecule has 0 heterocycles. The molecule has 1 saturated carbocycles. The number of benzene rings is 2. The van der Waals surface area contributed by atoms with Gasteiger partial charge in [0.15, 0.2) is 0 Å². The van der Waals surface area contributed by atoms with Gasteiger partial charge in [0.25, 0.3) is 0 Å². The van der Waals surface area contributed by atoms with E-state index in [9.17, 15) is 13.2 Å². The molecule has 1 amide bonds. The van der Waals surface area contributed by atoms with Gasteiger partial charge in [0, 0.05) is 10.9 Å². The Bertz CT molecular complexity index is 1030. The zero-order valence-electron chi connectivity index (χ0n) is 16.2. The lowest BCUT2D eigenvalue weighted by molar-refractivity contribution is -0.113. The number of carbonyl (C=O) groups is 1. The van der Waals surface area contributed by atoms with Crippen LogP contribution in [-0.4, -0.2) is 33.2 Å². The topological polar surface area (TPSA) is 84.5 Å². The fourth-order valence-electron chi connectivity index (χ4n) is 3.41. The number of nitrogens with one attached hydrogen (secondary N) is 2. The molecule has 154 valence electrons. The summed E-state index contributed by atoms with van der Waals surface area (Å²) in [6, 6.07) is 10.9. The Kier molecular flexibility index (Phi) is 5.85. The number of ether oxygens (including phenoxy) is 1. The van der Waals surface area contributed by atoms with Gasteiger partial charge in [-0.15, -0.1) is 11.8 Å². The number of sulfonamides is 1. The summed E-state index contributed by atoms with van der Waals surface area (Å²) in [5.74, 6) is 0.448. The van der Waals surface area contributed by atoms with Crippen molar-refractivity contribution in [2.24, 2.45) is 0 Å². The Morgan fingerprint density at radius 1 is 1.14 bits per heavy atom. The van der Waals surface area contributed by atoms with Crippen LogP contribution in [-0.2, 0) is 27.7 Å². The maximum atomic E-state index is 12.5. The van der Waals surface area contributed by atoms with E-state index in [1.165, 1.54) is 48.6 Å². The van der Waals surface area contributed by atoms with Crippen LogP contribution in [0.5, 0.6) is 5.75 Å². The average Bonchev–Trinajstić information content (AvgIpc) is 3.38. The molecule has 6 nitrogen and oxygen atoms in total. The number of aryl methyl sites for hydroxylation is 2. The first-order valence-electron chi connectivity index (χ1n) is 9.69. The van der Waals surface area contributed by atoms with E-state index in [1.807, 2.05) is 0 Å². The monoisotopic (exact) mass is 432 g/mol. The first-order valence-corrected chi connectivity index (χ1v) is 12.2. The van der Waals surface area contributed by atoms with Crippen molar-refractivity contribution in [3.63, 3.8) is 0 Å². The zero-order chi connectivity index (χ0) is 20.4. The van der Waals surface area contributed by atoms with Gasteiger partial charge in [-0.05, 0) is 73.6 Å². The Hall–Kier alpha value is -2.03. The molecule has 2 aromatic rings. The van der Waals surface area contributed by atoms with Crippen LogP contribution >= 0.6 is 11.8 Å². The molecule has 0 atom stereocenters. The van der Waals surface area contributed by atoms with E-state index in [0.717, 1.165) is 30.6 Å². The minimum absolute atomic E-state index is 0.0175. The summed E-state index contributed by atoms with van der Waals surface area (Å²) in [5.41, 5.74) is 3.13. The van der Waals surface area contributed by atoms with E-state index in [2.05, 4.69) is 28.2 Å². The SMILES string of the molecule is COc1ccc(S(=O)(=O)NC2CC2)cc1NC(=O)CSc1ccc2c(c1)CCC2. The number of anilines is 1. The molecular weight excluding hydrogens is 408 g/mol. The number of amides is 1. The standard InChI is InChI=1S/C21H24N2O4S2/c1-27-20-10-9-18(29(25,26)23-16-6-7-16)12-19(20)22-21(24)13-28-17-8-5-14-3-2-4-15(14)11-17/h5,8-12,16,23H,2-4,6-7,13H2,1H3,(H,22,24). The number of hydrogen-bond acceptors (Lipinski definition) is 5. The van der Waals surface area contributed by atoms with Crippen molar-refractivity contribution in [3.05, 3.63) is 47.5 Å². The van der Waals surface area contributed by atoms with E-state index < -0.39 is 10.0 Å². The van der Waals surface area contributed by atoms with E-state index in [1.54, 1.807) is 6.07 Å². The smallest absolute Gasteiger partial charge is 0.240 e. The van der Waals surface area contributed by atoms with Crippen LogP contribution in [0.25, 0.3) is 0 Å². The fraction of sp³-hybridized carbons (Fsp3) is 0.381. The van der Waals surface area contributed by atoms with E-state index in [0.29, 0.717) is 11.4 Å². The highest BCUT2D eigenvalue weighted by molar-refractivity contribution is 8.00. The summed E-state index contributed by atoms with van der Waals surface area (Å²) >= 11 is 1.47. The normalized spacial score (nSPS) is 15.8. The van der Waals surface area contributed by atoms with Crippen LogP contribution in [0.15, 0.2) is 46.2 Å². The molecule has 4 rings (SSSR count). The van der Waals surface area contributed by atoms with E-state index >= 15 is 0 Å². The third-order valence-electron chi connectivity index (χ3n) is 5.09. The van der Waals surface area contributed by atoms with Crippen molar-refractivity contribution in [2.45, 2.75) is 47.9 Å². The molecular formula is C21H24N2O4S2. The van der Waals surface area contributed by atoms with Crippen molar-refractivity contribution < 1.29 is 17.9 Å². The second kappa shape index (κ2) is 8.38. The lowest BCUT2D eigenvalue weighted by Crippen LogP contribution is -2.26. The predicted octanol–water partition coefficient (Wildman–Crippen LogP) is 3.36. The van der Waals surface area contributed by atoms with Crippen molar-refractivity contribution in [1.82, 2.24) is 4.72 Å². The quantitative estimate of drug-likeness (QED) is 0.625. The Balaban J connectivity index is 1.43. The molecule has 29 heavy (non-hydrogen) atoms. The Morgan fingerprint density at radius 3 is 2.69 bits per heavy atom. The van der Waals surface area contributed by atoms with Crippen LogP contribution in [0.4, 0.5) is 5.69 Å². The molecule has 0 aliphatic heterocycles. The fourth-order valence-corrected chi connectivity index (χ4v) is 5.50. The Labute approximate surface area is 175 Å². The Morgan fingerprint density at radius 2 is 1.93 bits per heavy atom. The van der Waals surface area contributed by atoms with Gasteiger partial charge >= 0.3 is 0 Å². The third-order valence-corrected chi connectivity index (χ3v) is 7.61. The van der Waals surface area contributed by atoms with Crippen molar-refractivity contribution in [2.75, 3.05) is 18.2 Å². The highest BCUT2D eigenvalue weighted by Gasteiger charge is 2.28. The van der Waals surface area contributed by atoms with Gasteiger partial charge in [-0.1, -0.05) is 6.07 Å². The molecule has 0 bridgehead atoms. The maximum absolute atomic E-state index is 12.5. The first kappa shape index (κ1) is 20.3. The summed E-state index contributed by atoms with van der Waals surface area (Å²) in [7, 11) is -2.12. The van der Waals surface area contributed by atoms with E-state index in [-0.39, 0.29) is 22.6 Å². The molecule has 2 aromatic carbocycles. The molecule has 0 unspecified atom stereocenters. The van der Waals surface area contributed by atoms with Gasteiger partial charge in [-0.2, -0.15) is 0 Å². The summed E-state index contributed by atoms with van der Waals surface area (Å²) in [6.45, 7) is 0. The molecule has 0 saturated heterocycles. The minimum atomic E-state index is -3.60. The van der Waals surface area contributed by atoms with Gasteiger partial charge in [0.2, 0.25) is 15.9 Å². The first-order chi connectivity index (χ1) is 13.9. The molecule has 2 N–H and O–H groups in total. The van der Waals surface area contributed by atoms with Crippen LogP contribution in [0.1, 0.15) is 30.4 Å². The molecule has 0 spiro atoms. The molecule has 2 aliphatic rings. The van der Waals surface area contributed by atoms with Gasteiger partial charge < -0.3 is 10.1 Å². The van der Waals surface area contributed by atoms with Gasteiger partial charge in [0.1, 0.15) is 5.75 Å². The van der Waals surface area contributed by atoms with Crippen LogP contribution in [0.2, 0.25) is 0 Å². The molecule has 0 radical (unpaired) electrons. The summed E-state index contributed by atoms with van der Waals surface area (Å²) in [4.78, 5) is 13.7. The van der Waals surface area contributed by atoms with E-state index in [4.69, 9.17) is 4.74 Å². The highest BCUT2D eigenvalue weighted by Crippen LogP contribution is 2.30. The number of hydrogen-bond donors (Lipinski definition) is 2. The second-order valence-corrected chi connectivity index (χ2v) is 10.1. The lowest BCUT2D eigenvalue weighted by atomic mass is 10.1. The molecule has 1 fully saturated rings. The lowest BCUT2D eigenvalue weighted by Gasteiger charge is -2.13. The maximum Gasteiger partial charge on any atom is 0.240 e. The van der Waals surface area contributed by atoms with Crippen LogP contribution in [0.3, 0.4) is 0 Å². The van der Waals surface area contributed by atoms with Crippen LogP contribution in [0, 0.1) is 0 Å². The number of methoxy groups -OCH3 is 1. The number of carbonyl (C=O) groups excluding carboxylic acids is 1. The van der Waals surface area contributed by atoms with Gasteiger partial charge in [0.05, 0.1) is 23.4 Å².